The van der Waals surface area contributed by atoms with E-state index in [1.54, 1.807) is 11.9 Å². The van der Waals surface area contributed by atoms with Crippen molar-refractivity contribution in [2.24, 2.45) is 0 Å². The third-order valence-corrected chi connectivity index (χ3v) is 4.70. The number of nitrogens with zero attached hydrogens (tertiary/aromatic N) is 1. The Bertz CT molecular complexity index is 841. The Morgan fingerprint density at radius 3 is 2.22 bits per heavy atom. The highest BCUT2D eigenvalue weighted by molar-refractivity contribution is 6.34. The fourth-order valence-electron chi connectivity index (χ4n) is 2.88. The van der Waals surface area contributed by atoms with Gasteiger partial charge in [0, 0.05) is 5.69 Å². The van der Waals surface area contributed by atoms with Crippen LogP contribution >= 0.6 is 11.6 Å². The van der Waals surface area contributed by atoms with Gasteiger partial charge in [-0.25, -0.2) is 0 Å². The van der Waals surface area contributed by atoms with Gasteiger partial charge in [-0.15, -0.1) is 0 Å². The number of carbonyl (C=O) groups excluding carboxylic acids is 2. The van der Waals surface area contributed by atoms with Gasteiger partial charge in [-0.3, -0.25) is 14.5 Å². The minimum absolute atomic E-state index is 0.0872. The summed E-state index contributed by atoms with van der Waals surface area (Å²) in [6.07, 6.45) is 0. The number of aryl methyl sites for hydroxylation is 3. The molecule has 144 valence electrons. The largest absolute Gasteiger partial charge is 0.325 e. The lowest BCUT2D eigenvalue weighted by Gasteiger charge is -2.18. The summed E-state index contributed by atoms with van der Waals surface area (Å²) < 4.78 is 0. The number of likely N-dealkylation sites (N-methyl/N-ethyl adjacent to an activating group) is 1. The van der Waals surface area contributed by atoms with Gasteiger partial charge in [0.25, 0.3) is 0 Å². The second-order valence-electron chi connectivity index (χ2n) is 6.95. The molecule has 5 nitrogen and oxygen atoms in total. The summed E-state index contributed by atoms with van der Waals surface area (Å²) in [5.74, 6) is -0.380. The average Bonchev–Trinajstić information content (AvgIpc) is 2.55. The molecule has 2 rings (SSSR count). The first-order chi connectivity index (χ1) is 12.7. The molecule has 6 heteroatoms. The predicted octanol–water partition coefficient (Wildman–Crippen LogP) is 4.08. The predicted molar refractivity (Wildman–Crippen MR) is 112 cm³/mol. The molecule has 0 unspecified atom stereocenters. The number of anilines is 2. The van der Waals surface area contributed by atoms with Crippen molar-refractivity contribution in [1.29, 1.82) is 0 Å². The molecular weight excluding hydrogens is 362 g/mol. The fourth-order valence-corrected chi connectivity index (χ4v) is 3.24. The van der Waals surface area contributed by atoms with Gasteiger partial charge in [-0.1, -0.05) is 29.8 Å². The second kappa shape index (κ2) is 9.02. The van der Waals surface area contributed by atoms with Crippen molar-refractivity contribution in [3.63, 3.8) is 0 Å². The molecule has 0 atom stereocenters. The fraction of sp³-hybridized carbons (Fsp3) is 0.333. The number of carbonyl (C=O) groups is 2. The van der Waals surface area contributed by atoms with Crippen LogP contribution in [0.1, 0.15) is 22.3 Å². The minimum Gasteiger partial charge on any atom is -0.325 e. The Hall–Kier alpha value is -2.37. The summed E-state index contributed by atoms with van der Waals surface area (Å²) in [7, 11) is 1.73. The number of nitrogens with one attached hydrogen (secondary N) is 2. The molecule has 0 radical (unpaired) electrons. The van der Waals surface area contributed by atoms with Gasteiger partial charge >= 0.3 is 0 Å². The number of benzene rings is 2. The van der Waals surface area contributed by atoms with E-state index < -0.39 is 0 Å². The monoisotopic (exact) mass is 387 g/mol. The molecule has 0 aromatic heterocycles. The van der Waals surface area contributed by atoms with Crippen LogP contribution in [0.5, 0.6) is 0 Å². The van der Waals surface area contributed by atoms with E-state index in [4.69, 9.17) is 11.6 Å². The second-order valence-corrected chi connectivity index (χ2v) is 7.36. The maximum absolute atomic E-state index is 12.3. The van der Waals surface area contributed by atoms with Crippen LogP contribution in [0.4, 0.5) is 11.4 Å². The van der Waals surface area contributed by atoms with Crippen molar-refractivity contribution in [3.05, 3.63) is 57.6 Å². The first kappa shape index (κ1) is 20.9. The van der Waals surface area contributed by atoms with E-state index >= 15 is 0 Å². The van der Waals surface area contributed by atoms with Gasteiger partial charge in [0.2, 0.25) is 11.8 Å². The van der Waals surface area contributed by atoms with E-state index in [1.165, 1.54) is 0 Å². The topological polar surface area (TPSA) is 61.4 Å². The number of rotatable bonds is 6. The summed E-state index contributed by atoms with van der Waals surface area (Å²) >= 11 is 6.23. The molecular formula is C21H26ClN3O2. The zero-order valence-corrected chi connectivity index (χ0v) is 17.2. The molecule has 0 bridgehead atoms. The Balaban J connectivity index is 1.91. The van der Waals surface area contributed by atoms with Crippen LogP contribution in [0.25, 0.3) is 0 Å². The van der Waals surface area contributed by atoms with Gasteiger partial charge in [-0.2, -0.15) is 0 Å². The average molecular weight is 388 g/mol. The molecule has 0 saturated heterocycles. The zero-order chi connectivity index (χ0) is 20.1. The van der Waals surface area contributed by atoms with Crippen molar-refractivity contribution in [2.45, 2.75) is 27.7 Å². The number of hydrogen-bond donors (Lipinski definition) is 2. The Morgan fingerprint density at radius 1 is 0.963 bits per heavy atom. The Morgan fingerprint density at radius 2 is 1.59 bits per heavy atom. The molecule has 0 aliphatic rings. The Labute approximate surface area is 165 Å². The lowest BCUT2D eigenvalue weighted by molar-refractivity contribution is -0.119. The molecule has 0 saturated carbocycles. The maximum atomic E-state index is 12.3. The van der Waals surface area contributed by atoms with E-state index in [0.29, 0.717) is 10.7 Å². The Kier molecular flexibility index (Phi) is 6.99. The van der Waals surface area contributed by atoms with Crippen molar-refractivity contribution in [1.82, 2.24) is 4.90 Å². The van der Waals surface area contributed by atoms with Gasteiger partial charge in [0.1, 0.15) is 0 Å². The SMILES string of the molecule is Cc1cc(C)c(NC(=O)CN(C)CC(=O)Nc2cccc(C)c2C)c(Cl)c1. The van der Waals surface area contributed by atoms with Gasteiger partial charge in [0.05, 0.1) is 23.8 Å². The molecule has 0 aliphatic heterocycles. The smallest absolute Gasteiger partial charge is 0.238 e. The molecule has 0 aliphatic carbocycles. The van der Waals surface area contributed by atoms with E-state index in [-0.39, 0.29) is 24.9 Å². The van der Waals surface area contributed by atoms with Gasteiger partial charge < -0.3 is 10.6 Å². The molecule has 2 amide bonds. The van der Waals surface area contributed by atoms with Crippen molar-refractivity contribution in [3.8, 4) is 0 Å². The number of halogens is 1. The van der Waals surface area contributed by atoms with Crippen molar-refractivity contribution in [2.75, 3.05) is 30.8 Å². The minimum atomic E-state index is -0.217. The summed E-state index contributed by atoms with van der Waals surface area (Å²) in [5, 5.41) is 6.24. The lowest BCUT2D eigenvalue weighted by Crippen LogP contribution is -2.36. The molecule has 0 heterocycles. The molecule has 27 heavy (non-hydrogen) atoms. The summed E-state index contributed by atoms with van der Waals surface area (Å²) in [6, 6.07) is 9.55. The maximum Gasteiger partial charge on any atom is 0.238 e. The van der Waals surface area contributed by atoms with Crippen molar-refractivity contribution < 1.29 is 9.59 Å². The lowest BCUT2D eigenvalue weighted by atomic mass is 10.1. The molecule has 2 aromatic rings. The van der Waals surface area contributed by atoms with Gasteiger partial charge in [0.15, 0.2) is 0 Å². The van der Waals surface area contributed by atoms with Crippen LogP contribution < -0.4 is 10.6 Å². The molecule has 0 spiro atoms. The first-order valence-electron chi connectivity index (χ1n) is 8.78. The van der Waals surface area contributed by atoms with Crippen LogP contribution in [0, 0.1) is 27.7 Å². The van der Waals surface area contributed by atoms with E-state index in [0.717, 1.165) is 27.9 Å². The number of amides is 2. The molecule has 2 aromatic carbocycles. The standard InChI is InChI=1S/C21H26ClN3O2/c1-13-9-15(3)21(17(22)10-13)24-20(27)12-25(5)11-19(26)23-18-8-6-7-14(2)16(18)4/h6-10H,11-12H2,1-5H3,(H,23,26)(H,24,27). The van der Waals surface area contributed by atoms with Crippen LogP contribution in [-0.4, -0.2) is 36.9 Å². The van der Waals surface area contributed by atoms with Crippen molar-refractivity contribution >= 4 is 34.8 Å². The van der Waals surface area contributed by atoms with Gasteiger partial charge in [-0.05, 0) is 69.1 Å². The van der Waals surface area contributed by atoms with E-state index in [9.17, 15) is 9.59 Å². The molecule has 2 N–H and O–H groups in total. The highest BCUT2D eigenvalue weighted by Crippen LogP contribution is 2.27. The van der Waals surface area contributed by atoms with Crippen LogP contribution in [0.15, 0.2) is 30.3 Å². The van der Waals surface area contributed by atoms with E-state index in [2.05, 4.69) is 10.6 Å². The first-order valence-corrected chi connectivity index (χ1v) is 9.16. The van der Waals surface area contributed by atoms with Crippen LogP contribution in [0.3, 0.4) is 0 Å². The summed E-state index contributed by atoms with van der Waals surface area (Å²) in [4.78, 5) is 26.2. The summed E-state index contributed by atoms with van der Waals surface area (Å²) in [5.41, 5.74) is 5.50. The van der Waals surface area contributed by atoms with E-state index in [1.807, 2.05) is 58.0 Å². The van der Waals surface area contributed by atoms with Crippen LogP contribution in [0.2, 0.25) is 5.02 Å². The third kappa shape index (κ3) is 5.81. The van der Waals surface area contributed by atoms with Crippen LogP contribution in [-0.2, 0) is 9.59 Å². The summed E-state index contributed by atoms with van der Waals surface area (Å²) in [6.45, 7) is 8.02. The zero-order valence-electron chi connectivity index (χ0n) is 16.4. The highest BCUT2D eigenvalue weighted by Gasteiger charge is 2.14. The quantitative estimate of drug-likeness (QED) is 0.785. The normalized spacial score (nSPS) is 10.8. The molecule has 0 fully saturated rings. The number of hydrogen-bond acceptors (Lipinski definition) is 3. The highest BCUT2D eigenvalue weighted by atomic mass is 35.5. The third-order valence-electron chi connectivity index (χ3n) is 4.40.